The van der Waals surface area contributed by atoms with Crippen LogP contribution in [0.25, 0.3) is 0 Å². The first-order chi connectivity index (χ1) is 5.66. The van der Waals surface area contributed by atoms with Crippen LogP contribution in [0, 0.1) is 6.92 Å². The molecule has 3 nitrogen and oxygen atoms in total. The highest BCUT2D eigenvalue weighted by molar-refractivity contribution is 6.31. The molecule has 3 N–H and O–H groups in total. The fourth-order valence-electron chi connectivity index (χ4n) is 0.949. The Labute approximate surface area is 75.7 Å². The summed E-state index contributed by atoms with van der Waals surface area (Å²) in [6.07, 6.45) is 0. The molecule has 0 spiro atoms. The molecule has 0 saturated carbocycles. The standard InChI is InChI=1S/C8H10ClNO2/c1-5-2-3-7(9)6(4-12-10)8(5)11/h2-3,11H,4,10H2,1H3. The number of halogens is 1. The molecule has 0 heterocycles. The maximum absolute atomic E-state index is 9.49. The van der Waals surface area contributed by atoms with Gasteiger partial charge in [0.2, 0.25) is 0 Å². The van der Waals surface area contributed by atoms with Crippen molar-refractivity contribution in [2.24, 2.45) is 5.90 Å². The Balaban J connectivity index is 3.14. The lowest BCUT2D eigenvalue weighted by Gasteiger charge is -2.07. The quantitative estimate of drug-likeness (QED) is 0.694. The summed E-state index contributed by atoms with van der Waals surface area (Å²) in [6, 6.07) is 3.43. The molecule has 66 valence electrons. The summed E-state index contributed by atoms with van der Waals surface area (Å²) < 4.78 is 0. The normalized spacial score (nSPS) is 10.2. The van der Waals surface area contributed by atoms with Gasteiger partial charge in [0.15, 0.2) is 0 Å². The number of phenolic OH excluding ortho intramolecular Hbond substituents is 1. The molecule has 1 aromatic rings. The van der Waals surface area contributed by atoms with Crippen molar-refractivity contribution in [3.8, 4) is 5.75 Å². The van der Waals surface area contributed by atoms with Gasteiger partial charge in [-0.05, 0) is 18.6 Å². The molecule has 0 aliphatic carbocycles. The van der Waals surface area contributed by atoms with E-state index in [4.69, 9.17) is 17.5 Å². The van der Waals surface area contributed by atoms with Crippen LogP contribution in [0.1, 0.15) is 11.1 Å². The Morgan fingerprint density at radius 3 is 2.83 bits per heavy atom. The van der Waals surface area contributed by atoms with Gasteiger partial charge in [-0.2, -0.15) is 0 Å². The highest BCUT2D eigenvalue weighted by Crippen LogP contribution is 2.28. The lowest BCUT2D eigenvalue weighted by atomic mass is 10.1. The van der Waals surface area contributed by atoms with E-state index in [2.05, 4.69) is 4.84 Å². The van der Waals surface area contributed by atoms with Crippen LogP contribution >= 0.6 is 11.6 Å². The average molecular weight is 188 g/mol. The smallest absolute Gasteiger partial charge is 0.125 e. The van der Waals surface area contributed by atoms with Crippen molar-refractivity contribution in [2.75, 3.05) is 0 Å². The lowest BCUT2D eigenvalue weighted by Crippen LogP contribution is -2.00. The summed E-state index contributed by atoms with van der Waals surface area (Å²) in [6.45, 7) is 1.90. The fourth-order valence-corrected chi connectivity index (χ4v) is 1.16. The Morgan fingerprint density at radius 2 is 2.25 bits per heavy atom. The summed E-state index contributed by atoms with van der Waals surface area (Å²) in [5, 5.41) is 9.95. The van der Waals surface area contributed by atoms with Crippen molar-refractivity contribution in [3.05, 3.63) is 28.3 Å². The van der Waals surface area contributed by atoms with Crippen molar-refractivity contribution in [2.45, 2.75) is 13.5 Å². The van der Waals surface area contributed by atoms with Crippen LogP contribution in [-0.2, 0) is 11.4 Å². The molecule has 0 radical (unpaired) electrons. The molecule has 0 aromatic heterocycles. The van der Waals surface area contributed by atoms with E-state index in [-0.39, 0.29) is 12.4 Å². The molecule has 0 amide bonds. The second-order valence-electron chi connectivity index (χ2n) is 2.50. The lowest BCUT2D eigenvalue weighted by molar-refractivity contribution is 0.122. The number of aryl methyl sites for hydroxylation is 1. The minimum atomic E-state index is 0.117. The number of benzene rings is 1. The van der Waals surface area contributed by atoms with Gasteiger partial charge >= 0.3 is 0 Å². The first-order valence-electron chi connectivity index (χ1n) is 3.45. The molecule has 12 heavy (non-hydrogen) atoms. The number of hydrogen-bond donors (Lipinski definition) is 2. The van der Waals surface area contributed by atoms with Crippen molar-refractivity contribution >= 4 is 11.6 Å². The zero-order chi connectivity index (χ0) is 9.14. The minimum absolute atomic E-state index is 0.117. The molecule has 4 heteroatoms. The molecule has 0 fully saturated rings. The second kappa shape index (κ2) is 3.76. The van der Waals surface area contributed by atoms with Crippen LogP contribution in [0.15, 0.2) is 12.1 Å². The third-order valence-electron chi connectivity index (χ3n) is 1.65. The number of phenols is 1. The van der Waals surface area contributed by atoms with Crippen LogP contribution in [0.5, 0.6) is 5.75 Å². The van der Waals surface area contributed by atoms with Gasteiger partial charge in [0.1, 0.15) is 5.75 Å². The van der Waals surface area contributed by atoms with E-state index in [0.717, 1.165) is 5.56 Å². The van der Waals surface area contributed by atoms with Gasteiger partial charge in [-0.3, -0.25) is 4.84 Å². The van der Waals surface area contributed by atoms with Gasteiger partial charge in [0.25, 0.3) is 0 Å². The molecule has 1 aromatic carbocycles. The molecular weight excluding hydrogens is 178 g/mol. The topological polar surface area (TPSA) is 55.5 Å². The molecule has 0 bridgehead atoms. The largest absolute Gasteiger partial charge is 0.507 e. The zero-order valence-electron chi connectivity index (χ0n) is 6.67. The van der Waals surface area contributed by atoms with Crippen molar-refractivity contribution < 1.29 is 9.94 Å². The van der Waals surface area contributed by atoms with E-state index in [0.29, 0.717) is 10.6 Å². The average Bonchev–Trinajstić information content (AvgIpc) is 2.06. The number of rotatable bonds is 2. The molecular formula is C8H10ClNO2. The van der Waals surface area contributed by atoms with Crippen LogP contribution in [0.2, 0.25) is 5.02 Å². The number of aromatic hydroxyl groups is 1. The maximum Gasteiger partial charge on any atom is 0.125 e. The van der Waals surface area contributed by atoms with E-state index in [1.807, 2.05) is 0 Å². The molecule has 0 atom stereocenters. The third kappa shape index (κ3) is 1.69. The van der Waals surface area contributed by atoms with Crippen molar-refractivity contribution in [1.82, 2.24) is 0 Å². The highest BCUT2D eigenvalue weighted by Gasteiger charge is 2.08. The molecule has 0 saturated heterocycles. The van der Waals surface area contributed by atoms with E-state index < -0.39 is 0 Å². The van der Waals surface area contributed by atoms with Crippen molar-refractivity contribution in [3.63, 3.8) is 0 Å². The minimum Gasteiger partial charge on any atom is -0.507 e. The predicted molar refractivity (Wildman–Crippen MR) is 46.8 cm³/mol. The Bertz CT molecular complexity index is 289. The van der Waals surface area contributed by atoms with E-state index in [9.17, 15) is 5.11 Å². The summed E-state index contributed by atoms with van der Waals surface area (Å²) in [5.41, 5.74) is 1.28. The maximum atomic E-state index is 9.49. The first-order valence-corrected chi connectivity index (χ1v) is 3.83. The van der Waals surface area contributed by atoms with Crippen LogP contribution in [0.4, 0.5) is 0 Å². The van der Waals surface area contributed by atoms with E-state index in [1.54, 1.807) is 19.1 Å². The summed E-state index contributed by atoms with van der Waals surface area (Å²) in [4.78, 5) is 4.40. The highest BCUT2D eigenvalue weighted by atomic mass is 35.5. The fraction of sp³-hybridized carbons (Fsp3) is 0.250. The zero-order valence-corrected chi connectivity index (χ0v) is 7.43. The molecule has 0 unspecified atom stereocenters. The van der Waals surface area contributed by atoms with E-state index >= 15 is 0 Å². The van der Waals surface area contributed by atoms with Gasteiger partial charge < -0.3 is 5.11 Å². The monoisotopic (exact) mass is 187 g/mol. The van der Waals surface area contributed by atoms with Crippen LogP contribution in [-0.4, -0.2) is 5.11 Å². The van der Waals surface area contributed by atoms with Crippen molar-refractivity contribution in [1.29, 1.82) is 0 Å². The van der Waals surface area contributed by atoms with Gasteiger partial charge in [0.05, 0.1) is 6.61 Å². The predicted octanol–water partition coefficient (Wildman–Crippen LogP) is 1.74. The van der Waals surface area contributed by atoms with Gasteiger partial charge in [-0.15, -0.1) is 0 Å². The van der Waals surface area contributed by atoms with Gasteiger partial charge in [0, 0.05) is 10.6 Å². The van der Waals surface area contributed by atoms with Crippen LogP contribution < -0.4 is 5.90 Å². The number of nitrogens with two attached hydrogens (primary N) is 1. The SMILES string of the molecule is Cc1ccc(Cl)c(CON)c1O. The number of hydrogen-bond acceptors (Lipinski definition) is 3. The Hall–Kier alpha value is -0.770. The molecule has 0 aliphatic rings. The summed E-state index contributed by atoms with van der Waals surface area (Å²) in [7, 11) is 0. The Morgan fingerprint density at radius 1 is 1.58 bits per heavy atom. The molecule has 1 rings (SSSR count). The second-order valence-corrected chi connectivity index (χ2v) is 2.91. The van der Waals surface area contributed by atoms with Gasteiger partial charge in [-0.25, -0.2) is 5.90 Å². The summed E-state index contributed by atoms with van der Waals surface area (Å²) in [5.74, 6) is 5.02. The molecule has 0 aliphatic heterocycles. The first kappa shape index (κ1) is 9.32. The van der Waals surface area contributed by atoms with Gasteiger partial charge in [-0.1, -0.05) is 17.7 Å². The summed E-state index contributed by atoms with van der Waals surface area (Å²) >= 11 is 5.78. The third-order valence-corrected chi connectivity index (χ3v) is 2.01. The Kier molecular flexibility index (Phi) is 2.92. The van der Waals surface area contributed by atoms with Crippen LogP contribution in [0.3, 0.4) is 0 Å². The van der Waals surface area contributed by atoms with E-state index in [1.165, 1.54) is 0 Å².